The van der Waals surface area contributed by atoms with Crippen molar-refractivity contribution < 1.29 is 72.5 Å². The molecule has 32 nitrogen and oxygen atoms in total. The third kappa shape index (κ3) is 23.4. The predicted molar refractivity (Wildman–Crippen MR) is 335 cm³/mol. The van der Waals surface area contributed by atoms with Crippen LogP contribution in [-0.4, -0.2) is 201 Å². The average molecular weight is 1310 g/mol. The lowest BCUT2D eigenvalue weighted by Gasteiger charge is -2.30. The number of guanidine groups is 1. The second-order valence-corrected chi connectivity index (χ2v) is 25.2. The summed E-state index contributed by atoms with van der Waals surface area (Å²) in [5.41, 5.74) is 29.5. The van der Waals surface area contributed by atoms with Crippen LogP contribution in [0.15, 0.2) is 35.3 Å². The van der Waals surface area contributed by atoms with Gasteiger partial charge >= 0.3 is 5.97 Å². The Morgan fingerprint density at radius 3 is 2.03 bits per heavy atom. The third-order valence-electron chi connectivity index (χ3n) is 15.6. The van der Waals surface area contributed by atoms with Gasteiger partial charge in [-0.25, -0.2) is 0 Å². The first-order valence-electron chi connectivity index (χ1n) is 30.1. The molecular weight excluding hydrogens is 1230 g/mol. The van der Waals surface area contributed by atoms with Gasteiger partial charge in [0, 0.05) is 61.0 Å². The summed E-state index contributed by atoms with van der Waals surface area (Å²) in [6.07, 6.45) is -1.82. The first kappa shape index (κ1) is 73.4. The van der Waals surface area contributed by atoms with Crippen molar-refractivity contribution in [3.05, 3.63) is 36.0 Å². The minimum Gasteiger partial charge on any atom is -0.481 e. The Morgan fingerprint density at radius 2 is 1.36 bits per heavy atom. The summed E-state index contributed by atoms with van der Waals surface area (Å²) in [6, 6.07) is -4.64. The molecule has 500 valence electrons. The highest BCUT2D eigenvalue weighted by molar-refractivity contribution is 8.76. The van der Waals surface area contributed by atoms with Crippen molar-refractivity contribution in [3.8, 4) is 0 Å². The summed E-state index contributed by atoms with van der Waals surface area (Å²) in [4.78, 5) is 191. The number of aliphatic hydroxyl groups excluding tert-OH is 1. The molecule has 1 aromatic carbocycles. The van der Waals surface area contributed by atoms with Crippen molar-refractivity contribution in [1.29, 1.82) is 5.41 Å². The van der Waals surface area contributed by atoms with Crippen molar-refractivity contribution in [1.82, 2.24) is 52.4 Å². The molecule has 1 unspecified atom stereocenters. The van der Waals surface area contributed by atoms with E-state index in [-0.39, 0.29) is 113 Å². The number of ketones is 2. The Balaban J connectivity index is 1.65. The molecule has 0 radical (unpaired) electrons. The molecule has 0 saturated carbocycles. The number of benzene rings is 1. The number of carboxylic acid groups (broad SMARTS) is 1. The van der Waals surface area contributed by atoms with E-state index in [4.69, 9.17) is 34.1 Å². The van der Waals surface area contributed by atoms with Gasteiger partial charge in [-0.2, -0.15) is 0 Å². The van der Waals surface area contributed by atoms with Crippen LogP contribution in [0.3, 0.4) is 0 Å². The fourth-order valence-corrected chi connectivity index (χ4v) is 13.0. The van der Waals surface area contributed by atoms with Crippen LogP contribution in [-0.2, 0) is 68.7 Å². The molecule has 0 spiro atoms. The Hall–Kier alpha value is -8.37. The molecule has 91 heavy (non-hydrogen) atoms. The highest BCUT2D eigenvalue weighted by atomic mass is 33.1. The Morgan fingerprint density at radius 1 is 0.714 bits per heavy atom. The first-order valence-corrected chi connectivity index (χ1v) is 32.6. The zero-order chi connectivity index (χ0) is 66.9. The minimum absolute atomic E-state index is 0.00548. The van der Waals surface area contributed by atoms with Gasteiger partial charge in [0.2, 0.25) is 59.1 Å². The van der Waals surface area contributed by atoms with Crippen molar-refractivity contribution >= 4 is 121 Å². The third-order valence-corrected chi connectivity index (χ3v) is 18.1. The topological polar surface area (TPSA) is 544 Å². The lowest BCUT2D eigenvalue weighted by molar-refractivity contribution is -0.146. The van der Waals surface area contributed by atoms with Gasteiger partial charge in [0.25, 0.3) is 0 Å². The highest BCUT2D eigenvalue weighted by Gasteiger charge is 2.42. The fraction of sp³-hybridized carbons (Fsp3) is 0.596. The van der Waals surface area contributed by atoms with E-state index in [0.29, 0.717) is 12.1 Å². The number of carbonyl (C=O) groups excluding carboxylic acids is 12. The number of para-hydroxylation sites is 1. The summed E-state index contributed by atoms with van der Waals surface area (Å²) in [7, 11) is 1.89. The van der Waals surface area contributed by atoms with E-state index in [0.717, 1.165) is 37.4 Å². The maximum absolute atomic E-state index is 14.7. The molecule has 3 saturated heterocycles. The van der Waals surface area contributed by atoms with Gasteiger partial charge < -0.3 is 91.3 Å². The van der Waals surface area contributed by atoms with Gasteiger partial charge in [-0.05, 0) is 82.2 Å². The van der Waals surface area contributed by atoms with E-state index in [2.05, 4.69) is 52.5 Å². The number of fused-ring (bicyclic) bond motifs is 10. The first-order chi connectivity index (χ1) is 43.3. The van der Waals surface area contributed by atoms with Gasteiger partial charge in [-0.15, -0.1) is 0 Å². The van der Waals surface area contributed by atoms with E-state index >= 15 is 0 Å². The standard InChI is InChI=1S/C57H85N17O15S2/c1-29-43(76)23-32(21-33-20-30-10-2-4-12-34(30)66-33)50(83)69-36(14-6-7-17-45(59)60)51(84)68-35(48(61)81)13-5-3-11-31-22-44(77)40(67-46(78)25-58)27-90-91-28-41(54(87)65-29)73-52(85)37(15-8-18-64-57(62)63)70-55(88)42-16-9-19-74(42)56(89)38(24-47(79)80)71-53(86)39(26-75)72-49(31)82/h2,4,10,12,20,29,31-32,35-42,66,75H,3,5-9,11,13-19,21-28,58H2,1H3,(H3,59,60)(H2,61,81)(H,65,87)(H,67,78)(H,68,84)(H,69,83)(H,70,88)(H,71,86)(H,72,82)(H,73,85)(H,79,80)(H4,62,63,64)/t29-,31+,32+,35-,36-,37-,38-,39-,40-,41-,42?/m0/s1. The van der Waals surface area contributed by atoms with E-state index in [1.807, 2.05) is 18.2 Å². The van der Waals surface area contributed by atoms with Gasteiger partial charge in [-0.3, -0.25) is 72.7 Å². The largest absolute Gasteiger partial charge is 0.481 e. The summed E-state index contributed by atoms with van der Waals surface area (Å²) in [5, 5.41) is 49.5. The zero-order valence-electron chi connectivity index (χ0n) is 50.6. The molecule has 10 amide bonds. The van der Waals surface area contributed by atoms with Crippen LogP contribution in [0.25, 0.3) is 10.9 Å². The molecule has 4 heterocycles. The minimum atomic E-state index is -1.89. The molecule has 1 aromatic heterocycles. The summed E-state index contributed by atoms with van der Waals surface area (Å²) >= 11 is 0. The number of nitrogens with zero attached hydrogens (tertiary/aromatic N) is 2. The van der Waals surface area contributed by atoms with Crippen LogP contribution in [0.5, 0.6) is 0 Å². The number of carbonyl (C=O) groups is 13. The van der Waals surface area contributed by atoms with Gasteiger partial charge in [0.15, 0.2) is 17.5 Å². The quantitative estimate of drug-likeness (QED) is 0.0312. The smallest absolute Gasteiger partial charge is 0.305 e. The summed E-state index contributed by atoms with van der Waals surface area (Å²) < 4.78 is 0. The van der Waals surface area contributed by atoms with E-state index in [1.54, 1.807) is 12.1 Å². The van der Waals surface area contributed by atoms with E-state index in [1.165, 1.54) is 6.92 Å². The Kier molecular flexibility index (Phi) is 29.4. The van der Waals surface area contributed by atoms with E-state index in [9.17, 15) is 72.5 Å². The number of unbranched alkanes of at least 4 members (excludes halogenated alkanes) is 1. The normalized spacial score (nSPS) is 26.3. The number of aliphatic hydroxyl groups is 1. The molecule has 11 atom stereocenters. The number of rotatable bonds is 17. The number of nitrogens with one attached hydrogen (secondary N) is 10. The van der Waals surface area contributed by atoms with E-state index < -0.39 is 175 Å². The lowest BCUT2D eigenvalue weighted by atomic mass is 9.91. The number of Topliss-reactive ketones (excluding diaryl/α,β-unsaturated/α-hetero) is 2. The molecule has 0 aliphatic carbocycles. The number of H-pyrrole nitrogens is 1. The number of aliphatic imine (C=N–C) groups is 1. The number of aliphatic carboxylic acids is 1. The van der Waals surface area contributed by atoms with Crippen LogP contribution in [0.2, 0.25) is 0 Å². The van der Waals surface area contributed by atoms with Crippen LogP contribution in [0, 0.1) is 17.2 Å². The van der Waals surface area contributed by atoms with Crippen LogP contribution in [0.1, 0.15) is 109 Å². The number of primary amides is 1. The number of aromatic nitrogens is 1. The molecule has 5 rings (SSSR count). The number of amides is 10. The lowest BCUT2D eigenvalue weighted by Crippen LogP contribution is -2.60. The molecule has 22 N–H and O–H groups in total. The van der Waals surface area contributed by atoms with Gasteiger partial charge in [-0.1, -0.05) is 59.0 Å². The van der Waals surface area contributed by atoms with Gasteiger partial charge in [0.05, 0.1) is 43.4 Å². The highest BCUT2D eigenvalue weighted by Crippen LogP contribution is 2.27. The number of hydrogen-bond acceptors (Lipinski definition) is 19. The molecular formula is C57H85N17O15S2. The monoisotopic (exact) mass is 1310 g/mol. The van der Waals surface area contributed by atoms with Crippen LogP contribution < -0.4 is 71.2 Å². The summed E-state index contributed by atoms with van der Waals surface area (Å²) in [5.74, 6) is -16.0. The average Bonchev–Trinajstić information content (AvgIpc) is 2.00. The molecule has 3 aliphatic heterocycles. The number of amidine groups is 1. The maximum atomic E-state index is 14.7. The molecule has 2 aromatic rings. The maximum Gasteiger partial charge on any atom is 0.305 e. The van der Waals surface area contributed by atoms with Crippen LogP contribution in [0.4, 0.5) is 0 Å². The number of nitrogens with two attached hydrogens (primary N) is 5. The molecule has 3 fully saturated rings. The second kappa shape index (κ2) is 36.5. The van der Waals surface area contributed by atoms with Crippen LogP contribution >= 0.6 is 21.6 Å². The molecule has 2 bridgehead atoms. The molecule has 3 aliphatic rings. The van der Waals surface area contributed by atoms with Crippen molar-refractivity contribution in [3.63, 3.8) is 0 Å². The van der Waals surface area contributed by atoms with Crippen molar-refractivity contribution in [2.75, 3.05) is 37.7 Å². The number of carboxylic acids is 1. The number of aromatic amines is 1. The Labute approximate surface area is 532 Å². The Bertz CT molecular complexity index is 2980. The number of hydrogen-bond donors (Lipinski definition) is 17. The van der Waals surface area contributed by atoms with Gasteiger partial charge in [0.1, 0.15) is 42.3 Å². The zero-order valence-corrected chi connectivity index (χ0v) is 52.2. The van der Waals surface area contributed by atoms with Crippen molar-refractivity contribution in [2.24, 2.45) is 45.5 Å². The molecule has 34 heteroatoms. The SMILES string of the molecule is C[C@@H]1NC(=O)[C@@H]2CSSC[C@H](NC(=O)CN)C(=O)C[C@@H](CCCC[C@@H](C(N)=O)NC(=O)[C@H](CCCCC(=N)N)NC(=O)[C@H](Cc3cc4ccccc4[nH]3)CC1=O)C(=O)N[C@@H](CO)C(=O)N[C@@H](CC(=O)O)C(=O)N1CCCC1C(=O)N[C@@H](CCCN=C(N)N)C(=O)N2. The fourth-order valence-electron chi connectivity index (χ4n) is 10.6. The second-order valence-electron chi connectivity index (χ2n) is 22.7. The predicted octanol–water partition coefficient (Wildman–Crippen LogP) is -3.82. The summed E-state index contributed by atoms with van der Waals surface area (Å²) in [6.45, 7) is -0.504. The van der Waals surface area contributed by atoms with Crippen molar-refractivity contribution in [2.45, 2.75) is 164 Å².